The smallest absolute Gasteiger partial charge is 0.346 e. The van der Waals surface area contributed by atoms with Crippen molar-refractivity contribution in [2.45, 2.75) is 26.2 Å². The molecule has 1 heterocycles. The molecular weight excluding hydrogens is 427 g/mol. The molecule has 8 nitrogen and oxygen atoms in total. The first-order chi connectivity index (χ1) is 16.0. The van der Waals surface area contributed by atoms with Crippen LogP contribution in [-0.2, 0) is 0 Å². The van der Waals surface area contributed by atoms with E-state index in [4.69, 9.17) is 9.47 Å². The van der Waals surface area contributed by atoms with Crippen molar-refractivity contribution in [3.63, 3.8) is 0 Å². The zero-order chi connectivity index (χ0) is 23.6. The van der Waals surface area contributed by atoms with E-state index in [9.17, 15) is 14.0 Å². The highest BCUT2D eigenvalue weighted by Gasteiger charge is 2.11. The second kappa shape index (κ2) is 11.6. The average Bonchev–Trinajstić information content (AvgIpc) is 2.82. The molecule has 0 aliphatic rings. The normalized spacial score (nSPS) is 10.9. The Hall–Kier alpha value is -4.01. The fourth-order valence-electron chi connectivity index (χ4n) is 2.99. The molecule has 0 aliphatic heterocycles. The first kappa shape index (κ1) is 23.6. The van der Waals surface area contributed by atoms with Gasteiger partial charge in [-0.3, -0.25) is 4.79 Å². The Balaban J connectivity index is 1.67. The van der Waals surface area contributed by atoms with Crippen LogP contribution in [0.1, 0.15) is 42.2 Å². The van der Waals surface area contributed by atoms with Gasteiger partial charge < -0.3 is 14.5 Å². The van der Waals surface area contributed by atoms with Crippen molar-refractivity contribution in [3.8, 4) is 22.8 Å². The predicted octanol–water partition coefficient (Wildman–Crippen LogP) is 3.92. The number of amides is 1. The first-order valence-corrected chi connectivity index (χ1v) is 10.5. The van der Waals surface area contributed by atoms with Crippen molar-refractivity contribution in [2.24, 2.45) is 5.10 Å². The van der Waals surface area contributed by atoms with Crippen LogP contribution in [0.5, 0.6) is 11.5 Å². The third-order valence-corrected chi connectivity index (χ3v) is 4.70. The Morgan fingerprint density at radius 1 is 1.15 bits per heavy atom. The van der Waals surface area contributed by atoms with Crippen molar-refractivity contribution in [1.82, 2.24) is 15.4 Å². The van der Waals surface area contributed by atoms with Crippen LogP contribution in [0.4, 0.5) is 4.39 Å². The maximum Gasteiger partial charge on any atom is 0.346 e. The Morgan fingerprint density at radius 2 is 1.94 bits per heavy atom. The molecule has 33 heavy (non-hydrogen) atoms. The standard InChI is InChI=1S/C24H25FN4O4/c1-3-4-5-12-33-21-11-6-16(13-22(21)32-2)15-26-29-23(30)20-14-19(27-24(31)28-20)17-7-9-18(25)10-8-17/h6-11,13-15H,3-5,12H2,1-2H3,(H,29,30)(H,27,28,31)/b26-15+. The number of nitrogens with zero attached hydrogens (tertiary/aromatic N) is 2. The minimum atomic E-state index is -0.704. The van der Waals surface area contributed by atoms with E-state index in [2.05, 4.69) is 27.4 Å². The summed E-state index contributed by atoms with van der Waals surface area (Å²) < 4.78 is 24.3. The fraction of sp³-hybridized carbons (Fsp3) is 0.250. The molecule has 0 spiro atoms. The second-order valence-corrected chi connectivity index (χ2v) is 7.16. The van der Waals surface area contributed by atoms with Gasteiger partial charge in [-0.05, 0) is 60.5 Å². The number of hydrogen-bond acceptors (Lipinski definition) is 6. The number of H-pyrrole nitrogens is 1. The molecule has 3 rings (SSSR count). The van der Waals surface area contributed by atoms with Crippen molar-refractivity contribution >= 4 is 12.1 Å². The van der Waals surface area contributed by atoms with Gasteiger partial charge >= 0.3 is 5.69 Å². The molecule has 0 radical (unpaired) electrons. The summed E-state index contributed by atoms with van der Waals surface area (Å²) in [6, 6.07) is 12.1. The molecule has 0 atom stereocenters. The van der Waals surface area contributed by atoms with Gasteiger partial charge in [-0.2, -0.15) is 10.1 Å². The van der Waals surface area contributed by atoms with E-state index in [1.54, 1.807) is 25.3 Å². The minimum absolute atomic E-state index is 0.0279. The number of halogens is 1. The van der Waals surface area contributed by atoms with Crippen molar-refractivity contribution in [1.29, 1.82) is 0 Å². The molecule has 0 fully saturated rings. The van der Waals surface area contributed by atoms with Gasteiger partial charge in [0.1, 0.15) is 11.5 Å². The molecule has 1 amide bonds. The van der Waals surface area contributed by atoms with Gasteiger partial charge in [0.25, 0.3) is 5.91 Å². The third kappa shape index (κ3) is 6.73. The van der Waals surface area contributed by atoms with Crippen LogP contribution < -0.4 is 20.6 Å². The second-order valence-electron chi connectivity index (χ2n) is 7.16. The Morgan fingerprint density at radius 3 is 2.67 bits per heavy atom. The lowest BCUT2D eigenvalue weighted by molar-refractivity contribution is 0.0949. The molecule has 172 valence electrons. The van der Waals surface area contributed by atoms with Crippen molar-refractivity contribution in [3.05, 3.63) is 76.1 Å². The molecule has 9 heteroatoms. The summed E-state index contributed by atoms with van der Waals surface area (Å²) in [5, 5.41) is 3.94. The zero-order valence-electron chi connectivity index (χ0n) is 18.4. The molecule has 0 saturated heterocycles. The SMILES string of the molecule is CCCCCOc1ccc(/C=N/NC(=O)c2cc(-c3ccc(F)cc3)nc(=O)[nH]2)cc1OC. The van der Waals surface area contributed by atoms with E-state index < -0.39 is 17.4 Å². The van der Waals surface area contributed by atoms with Gasteiger partial charge in [0.05, 0.1) is 25.6 Å². The number of aromatic amines is 1. The van der Waals surface area contributed by atoms with Crippen LogP contribution in [0.3, 0.4) is 0 Å². The summed E-state index contributed by atoms with van der Waals surface area (Å²) in [6.07, 6.45) is 4.62. The molecule has 1 aromatic heterocycles. The Kier molecular flexibility index (Phi) is 8.29. The Labute approximate surface area is 190 Å². The molecule has 0 aliphatic carbocycles. The number of benzene rings is 2. The van der Waals surface area contributed by atoms with E-state index >= 15 is 0 Å². The van der Waals surface area contributed by atoms with E-state index in [1.165, 1.54) is 36.5 Å². The summed E-state index contributed by atoms with van der Waals surface area (Å²) in [5.74, 6) is 0.155. The van der Waals surface area contributed by atoms with Gasteiger partial charge in [-0.25, -0.2) is 14.6 Å². The Bertz CT molecular complexity index is 1180. The molecule has 0 bridgehead atoms. The van der Waals surface area contributed by atoms with Crippen LogP contribution in [0.25, 0.3) is 11.3 Å². The van der Waals surface area contributed by atoms with E-state index in [0.29, 0.717) is 29.2 Å². The van der Waals surface area contributed by atoms with Crippen LogP contribution in [0.15, 0.2) is 58.4 Å². The van der Waals surface area contributed by atoms with E-state index in [-0.39, 0.29) is 11.4 Å². The van der Waals surface area contributed by atoms with Crippen LogP contribution in [0.2, 0.25) is 0 Å². The van der Waals surface area contributed by atoms with Gasteiger partial charge in [0.2, 0.25) is 0 Å². The quantitative estimate of drug-likeness (QED) is 0.276. The van der Waals surface area contributed by atoms with Gasteiger partial charge in [0, 0.05) is 5.56 Å². The lowest BCUT2D eigenvalue weighted by Gasteiger charge is -2.11. The lowest BCUT2D eigenvalue weighted by atomic mass is 10.1. The lowest BCUT2D eigenvalue weighted by Crippen LogP contribution is -2.24. The van der Waals surface area contributed by atoms with Gasteiger partial charge in [-0.15, -0.1) is 0 Å². The molecular formula is C24H25FN4O4. The molecule has 2 N–H and O–H groups in total. The highest BCUT2D eigenvalue weighted by molar-refractivity contribution is 5.94. The van der Waals surface area contributed by atoms with Gasteiger partial charge in [-0.1, -0.05) is 19.8 Å². The summed E-state index contributed by atoms with van der Waals surface area (Å²) in [4.78, 5) is 30.5. The number of carbonyl (C=O) groups is 1. The molecule has 0 saturated carbocycles. The average molecular weight is 452 g/mol. The van der Waals surface area contributed by atoms with E-state index in [0.717, 1.165) is 19.3 Å². The summed E-state index contributed by atoms with van der Waals surface area (Å²) in [7, 11) is 1.55. The van der Waals surface area contributed by atoms with Crippen LogP contribution >= 0.6 is 0 Å². The van der Waals surface area contributed by atoms with Crippen molar-refractivity contribution < 1.29 is 18.7 Å². The van der Waals surface area contributed by atoms with Crippen molar-refractivity contribution in [2.75, 3.05) is 13.7 Å². The third-order valence-electron chi connectivity index (χ3n) is 4.70. The number of aromatic nitrogens is 2. The predicted molar refractivity (Wildman–Crippen MR) is 123 cm³/mol. The monoisotopic (exact) mass is 452 g/mol. The van der Waals surface area contributed by atoms with Crippen LogP contribution in [0, 0.1) is 5.82 Å². The number of rotatable bonds is 10. The molecule has 3 aromatic rings. The number of hydrogen-bond donors (Lipinski definition) is 2. The van der Waals surface area contributed by atoms with Crippen LogP contribution in [-0.4, -0.2) is 35.8 Å². The maximum atomic E-state index is 13.1. The summed E-state index contributed by atoms with van der Waals surface area (Å²) in [6.45, 7) is 2.74. The number of methoxy groups -OCH3 is 1. The minimum Gasteiger partial charge on any atom is -0.493 e. The number of hydrazone groups is 1. The molecule has 2 aromatic carbocycles. The zero-order valence-corrected chi connectivity index (χ0v) is 18.4. The first-order valence-electron chi connectivity index (χ1n) is 10.5. The summed E-state index contributed by atoms with van der Waals surface area (Å²) >= 11 is 0. The largest absolute Gasteiger partial charge is 0.493 e. The molecule has 0 unspecified atom stereocenters. The van der Waals surface area contributed by atoms with E-state index in [1.807, 2.05) is 0 Å². The fourth-order valence-corrected chi connectivity index (χ4v) is 2.99. The summed E-state index contributed by atoms with van der Waals surface area (Å²) in [5.41, 5.74) is 3.06. The maximum absolute atomic E-state index is 13.1. The number of nitrogens with one attached hydrogen (secondary N) is 2. The highest BCUT2D eigenvalue weighted by Crippen LogP contribution is 2.27. The highest BCUT2D eigenvalue weighted by atomic mass is 19.1. The number of unbranched alkanes of at least 4 members (excludes halogenated alkanes) is 2. The number of carbonyl (C=O) groups excluding carboxylic acids is 1. The number of ether oxygens (including phenoxy) is 2. The van der Waals surface area contributed by atoms with Gasteiger partial charge in [0.15, 0.2) is 11.5 Å². The topological polar surface area (TPSA) is 106 Å².